The van der Waals surface area contributed by atoms with E-state index in [0.717, 1.165) is 30.0 Å². The number of alkyl halides is 3. The fourth-order valence-electron chi connectivity index (χ4n) is 5.09. The lowest BCUT2D eigenvalue weighted by Gasteiger charge is -2.27. The Balaban J connectivity index is 1.66. The monoisotopic (exact) mass is 515 g/mol. The van der Waals surface area contributed by atoms with Gasteiger partial charge < -0.3 is 19.7 Å². The van der Waals surface area contributed by atoms with Crippen LogP contribution in [0.5, 0.6) is 11.6 Å². The number of fused-ring (bicyclic) bond motifs is 6. The second-order valence-electron chi connectivity index (χ2n) is 8.79. The number of halogens is 3. The van der Waals surface area contributed by atoms with Crippen LogP contribution in [0, 0.1) is 0 Å². The summed E-state index contributed by atoms with van der Waals surface area (Å²) in [4.78, 5) is 16.3. The molecule has 1 N–H and O–H groups in total. The molecule has 0 bridgehead atoms. The predicted octanol–water partition coefficient (Wildman–Crippen LogP) is 4.84. The van der Waals surface area contributed by atoms with E-state index in [1.165, 1.54) is 0 Å². The van der Waals surface area contributed by atoms with Gasteiger partial charge in [-0.3, -0.25) is 0 Å². The molecule has 2 aliphatic rings. The molecule has 0 spiro atoms. The number of methoxy groups -OCH3 is 1. The average Bonchev–Trinajstić information content (AvgIpc) is 3.25. The molecule has 0 amide bonds. The number of rotatable bonds is 4. The maximum Gasteiger partial charge on any atom is 0.417 e. The van der Waals surface area contributed by atoms with Crippen molar-refractivity contribution < 1.29 is 22.6 Å². The van der Waals surface area contributed by atoms with Gasteiger partial charge >= 0.3 is 6.18 Å². The Morgan fingerprint density at radius 3 is 2.64 bits per heavy atom. The zero-order valence-corrected chi connectivity index (χ0v) is 20.6. The zero-order chi connectivity index (χ0) is 25.0. The first-order chi connectivity index (χ1) is 17.4. The lowest BCUT2D eigenvalue weighted by atomic mass is 9.85. The first kappa shape index (κ1) is 23.2. The maximum absolute atomic E-state index is 14.8. The topological polar surface area (TPSA) is 72.4 Å². The Morgan fingerprint density at radius 2 is 1.92 bits per heavy atom. The Morgan fingerprint density at radius 1 is 1.11 bits per heavy atom. The van der Waals surface area contributed by atoms with Gasteiger partial charge in [0.2, 0.25) is 11.8 Å². The first-order valence-corrected chi connectivity index (χ1v) is 12.7. The number of ether oxygens (including phenoxy) is 2. The van der Waals surface area contributed by atoms with Crippen molar-refractivity contribution in [1.29, 1.82) is 0 Å². The predicted molar refractivity (Wildman–Crippen MR) is 133 cm³/mol. The Bertz CT molecular complexity index is 1480. The third kappa shape index (κ3) is 3.72. The highest BCUT2D eigenvalue weighted by Gasteiger charge is 2.40. The van der Waals surface area contributed by atoms with Gasteiger partial charge in [-0.1, -0.05) is 0 Å². The molecule has 1 aliphatic heterocycles. The van der Waals surface area contributed by atoms with Gasteiger partial charge in [0, 0.05) is 31.7 Å². The molecule has 11 heteroatoms. The van der Waals surface area contributed by atoms with E-state index in [1.54, 1.807) is 19.2 Å². The molecular formula is C25H24F3N5O2S. The summed E-state index contributed by atoms with van der Waals surface area (Å²) in [6, 6.07) is 5.43. The van der Waals surface area contributed by atoms with E-state index < -0.39 is 11.7 Å². The summed E-state index contributed by atoms with van der Waals surface area (Å²) in [7, 11) is 1.57. The number of anilines is 1. The van der Waals surface area contributed by atoms with Crippen molar-refractivity contribution in [2.75, 3.05) is 44.8 Å². The fourth-order valence-corrected chi connectivity index (χ4v) is 6.15. The molecule has 1 aromatic carbocycles. The summed E-state index contributed by atoms with van der Waals surface area (Å²) in [5, 5.41) is 3.31. The highest BCUT2D eigenvalue weighted by atomic mass is 32.1. The number of benzene rings is 1. The van der Waals surface area contributed by atoms with Crippen LogP contribution in [-0.4, -0.2) is 54.8 Å². The number of aromatic nitrogens is 3. The SMILES string of the molecule is CCOc1nc(N2CCNCC2)nc2c1sc1nc3c(c(C(F)(F)F)c12)CCc1cc(OC)ccc1-3. The van der Waals surface area contributed by atoms with Crippen LogP contribution in [-0.2, 0) is 19.0 Å². The van der Waals surface area contributed by atoms with Crippen molar-refractivity contribution in [3.05, 3.63) is 34.9 Å². The van der Waals surface area contributed by atoms with Crippen molar-refractivity contribution in [2.24, 2.45) is 0 Å². The van der Waals surface area contributed by atoms with Gasteiger partial charge in [0.25, 0.3) is 0 Å². The number of hydrogen-bond acceptors (Lipinski definition) is 8. The highest BCUT2D eigenvalue weighted by molar-refractivity contribution is 7.25. The summed E-state index contributed by atoms with van der Waals surface area (Å²) in [6.45, 7) is 5.01. The van der Waals surface area contributed by atoms with E-state index in [2.05, 4.69) is 15.3 Å². The summed E-state index contributed by atoms with van der Waals surface area (Å²) in [6.07, 6.45) is -3.86. The van der Waals surface area contributed by atoms with E-state index in [9.17, 15) is 13.2 Å². The third-order valence-corrected chi connectivity index (χ3v) is 7.76. The van der Waals surface area contributed by atoms with Gasteiger partial charge in [0.15, 0.2) is 0 Å². The summed E-state index contributed by atoms with van der Waals surface area (Å²) >= 11 is 1.15. The lowest BCUT2D eigenvalue weighted by molar-refractivity contribution is -0.136. The van der Waals surface area contributed by atoms with E-state index in [1.807, 2.05) is 17.9 Å². The minimum atomic E-state index is -4.57. The minimum absolute atomic E-state index is 0.0398. The number of pyridine rings is 1. The molecule has 0 saturated carbocycles. The van der Waals surface area contributed by atoms with Crippen molar-refractivity contribution in [1.82, 2.24) is 20.3 Å². The molecule has 0 radical (unpaired) electrons. The lowest BCUT2D eigenvalue weighted by Crippen LogP contribution is -2.44. The van der Waals surface area contributed by atoms with E-state index >= 15 is 0 Å². The van der Waals surface area contributed by atoms with Crippen LogP contribution < -0.4 is 19.7 Å². The van der Waals surface area contributed by atoms with Gasteiger partial charge in [-0.2, -0.15) is 18.2 Å². The third-order valence-electron chi connectivity index (χ3n) is 6.70. The second kappa shape index (κ2) is 8.74. The smallest absolute Gasteiger partial charge is 0.417 e. The number of nitrogens with zero attached hydrogens (tertiary/aromatic N) is 4. The van der Waals surface area contributed by atoms with E-state index in [-0.39, 0.29) is 27.7 Å². The Labute approximate surface area is 209 Å². The molecule has 6 rings (SSSR count). The van der Waals surface area contributed by atoms with Gasteiger partial charge in [0.1, 0.15) is 20.8 Å². The van der Waals surface area contributed by atoms with Gasteiger partial charge in [-0.05, 0) is 49.1 Å². The standard InChI is InChI=1S/C25H24F3N5O2S/c1-3-35-22-21-20(31-24(32-22)33-10-8-29-9-11-33)17-18(25(26,27)28)16-6-4-13-12-14(34-2)5-7-15(13)19(16)30-23(17)36-21/h5,7,12,29H,3-4,6,8-11H2,1-2H3. The van der Waals surface area contributed by atoms with Crippen molar-refractivity contribution in [3.63, 3.8) is 0 Å². The summed E-state index contributed by atoms with van der Waals surface area (Å²) in [5.74, 6) is 1.36. The number of thiophene rings is 1. The molecule has 7 nitrogen and oxygen atoms in total. The molecule has 0 unspecified atom stereocenters. The van der Waals surface area contributed by atoms with Crippen LogP contribution in [0.1, 0.15) is 23.6 Å². The molecule has 1 saturated heterocycles. The van der Waals surface area contributed by atoms with Crippen LogP contribution >= 0.6 is 11.3 Å². The van der Waals surface area contributed by atoms with Gasteiger partial charge in [-0.15, -0.1) is 11.3 Å². The van der Waals surface area contributed by atoms with Crippen molar-refractivity contribution in [2.45, 2.75) is 25.9 Å². The van der Waals surface area contributed by atoms with E-state index in [0.29, 0.717) is 59.7 Å². The number of hydrogen-bond donors (Lipinski definition) is 1. The molecule has 4 aromatic rings. The van der Waals surface area contributed by atoms with Crippen molar-refractivity contribution >= 4 is 37.7 Å². The second-order valence-corrected chi connectivity index (χ2v) is 9.79. The average molecular weight is 516 g/mol. The van der Waals surface area contributed by atoms with Crippen LogP contribution in [0.25, 0.3) is 31.7 Å². The molecule has 4 heterocycles. The summed E-state index contributed by atoms with van der Waals surface area (Å²) < 4.78 is 55.9. The van der Waals surface area contributed by atoms with Crippen LogP contribution in [0.4, 0.5) is 19.1 Å². The van der Waals surface area contributed by atoms with Crippen LogP contribution in [0.15, 0.2) is 18.2 Å². The first-order valence-electron chi connectivity index (χ1n) is 11.9. The van der Waals surface area contributed by atoms with E-state index in [4.69, 9.17) is 14.5 Å². The minimum Gasteiger partial charge on any atom is -0.497 e. The Kier molecular flexibility index (Phi) is 5.64. The highest BCUT2D eigenvalue weighted by Crippen LogP contribution is 2.49. The van der Waals surface area contributed by atoms with Crippen LogP contribution in [0.3, 0.4) is 0 Å². The molecule has 3 aromatic heterocycles. The molecule has 1 fully saturated rings. The molecule has 0 atom stereocenters. The number of piperazine rings is 1. The van der Waals surface area contributed by atoms with Crippen LogP contribution in [0.2, 0.25) is 0 Å². The molecule has 36 heavy (non-hydrogen) atoms. The normalized spacial score (nSPS) is 15.8. The Hall–Kier alpha value is -3.18. The number of nitrogens with one attached hydrogen (secondary N) is 1. The molecule has 1 aliphatic carbocycles. The number of aryl methyl sites for hydroxylation is 1. The fraction of sp³-hybridized carbons (Fsp3) is 0.400. The zero-order valence-electron chi connectivity index (χ0n) is 19.8. The van der Waals surface area contributed by atoms with Crippen molar-refractivity contribution in [3.8, 4) is 22.9 Å². The quantitative estimate of drug-likeness (QED) is 0.417. The molecular weight excluding hydrogens is 491 g/mol. The maximum atomic E-state index is 14.8. The summed E-state index contributed by atoms with van der Waals surface area (Å²) in [5.41, 5.74) is 1.83. The van der Waals surface area contributed by atoms with Gasteiger partial charge in [0.05, 0.1) is 30.4 Å². The molecule has 188 valence electrons. The largest absolute Gasteiger partial charge is 0.497 e. The van der Waals surface area contributed by atoms with Gasteiger partial charge in [-0.25, -0.2) is 9.97 Å².